The van der Waals surface area contributed by atoms with Gasteiger partial charge in [0.25, 0.3) is 0 Å². The molecule has 0 rings (SSSR count). The highest BCUT2D eigenvalue weighted by Gasteiger charge is 2.00. The topological polar surface area (TPSA) is 153 Å². The highest BCUT2D eigenvalue weighted by atomic mass is 31.2. The molecule has 0 aromatic heterocycles. The molecule has 0 heterocycles. The average molecular weight is 177 g/mol. The lowest BCUT2D eigenvalue weighted by Crippen LogP contribution is -1.85. The summed E-state index contributed by atoms with van der Waals surface area (Å²) in [6, 6.07) is 0. The van der Waals surface area contributed by atoms with Crippen LogP contribution >= 0.6 is 7.82 Å². The van der Waals surface area contributed by atoms with Crippen LogP contribution in [0.25, 0.3) is 0 Å². The van der Waals surface area contributed by atoms with Gasteiger partial charge in [-0.05, 0) is 0 Å². The van der Waals surface area contributed by atoms with Gasteiger partial charge in [0, 0.05) is 0 Å². The molecule has 0 saturated carbocycles. The first-order chi connectivity index (χ1) is 3.91. The molecular formula is C2H12NO6P. The van der Waals surface area contributed by atoms with Gasteiger partial charge < -0.3 is 31.0 Å². The van der Waals surface area contributed by atoms with Crippen molar-refractivity contribution in [3.05, 3.63) is 0 Å². The maximum Gasteiger partial charge on any atom is 0.466 e. The summed E-state index contributed by atoms with van der Waals surface area (Å²) in [4.78, 5) is 21.6. The van der Waals surface area contributed by atoms with Crippen molar-refractivity contribution in [2.75, 3.05) is 13.2 Å². The van der Waals surface area contributed by atoms with Crippen molar-refractivity contribution >= 4 is 7.82 Å². The Balaban J connectivity index is -0.0000000910. The zero-order chi connectivity index (χ0) is 7.91. The van der Waals surface area contributed by atoms with Crippen LogP contribution < -0.4 is 6.15 Å². The summed E-state index contributed by atoms with van der Waals surface area (Å²) >= 11 is 0. The second kappa shape index (κ2) is 8.99. The summed E-state index contributed by atoms with van der Waals surface area (Å²) in [6.07, 6.45) is 0. The molecule has 0 bridgehead atoms. The van der Waals surface area contributed by atoms with Crippen LogP contribution in [-0.4, -0.2) is 38.1 Å². The van der Waals surface area contributed by atoms with Crippen molar-refractivity contribution in [1.29, 1.82) is 0 Å². The lowest BCUT2D eigenvalue weighted by atomic mass is 10.8. The smallest absolute Gasteiger partial charge is 0.394 e. The van der Waals surface area contributed by atoms with Crippen LogP contribution in [0.15, 0.2) is 0 Å². The highest BCUT2D eigenvalue weighted by molar-refractivity contribution is 7.45. The fourth-order valence-corrected chi connectivity index (χ4v) is 0. The molecule has 0 unspecified atom stereocenters. The van der Waals surface area contributed by atoms with Gasteiger partial charge >= 0.3 is 7.82 Å². The van der Waals surface area contributed by atoms with Gasteiger partial charge in [-0.2, -0.15) is 0 Å². The van der Waals surface area contributed by atoms with Crippen molar-refractivity contribution in [2.24, 2.45) is 0 Å². The molecule has 0 fully saturated rings. The Labute approximate surface area is 57.8 Å². The van der Waals surface area contributed by atoms with Gasteiger partial charge in [-0.25, -0.2) is 4.57 Å². The minimum Gasteiger partial charge on any atom is -0.394 e. The van der Waals surface area contributed by atoms with E-state index in [0.29, 0.717) is 0 Å². The molecule has 8 heteroatoms. The van der Waals surface area contributed by atoms with E-state index in [1.54, 1.807) is 0 Å². The van der Waals surface area contributed by atoms with Gasteiger partial charge in [-0.15, -0.1) is 0 Å². The molecule has 0 saturated heterocycles. The van der Waals surface area contributed by atoms with E-state index in [1.165, 1.54) is 0 Å². The predicted molar refractivity (Wildman–Crippen MR) is 33.5 cm³/mol. The largest absolute Gasteiger partial charge is 0.466 e. The van der Waals surface area contributed by atoms with Gasteiger partial charge in [0.2, 0.25) is 0 Å². The maximum absolute atomic E-state index is 8.88. The maximum atomic E-state index is 8.88. The fourth-order valence-electron chi connectivity index (χ4n) is 0. The molecule has 0 spiro atoms. The van der Waals surface area contributed by atoms with E-state index in [1.807, 2.05) is 0 Å². The third-order valence-corrected chi connectivity index (χ3v) is 0.1000. The first-order valence-electron chi connectivity index (χ1n) is 1.92. The summed E-state index contributed by atoms with van der Waals surface area (Å²) in [7, 11) is -4.64. The number of phosphoric acid groups is 1. The molecule has 0 atom stereocenters. The molecule has 7 nitrogen and oxygen atoms in total. The standard InChI is InChI=1S/C2H6O2.H3N.H3O4P/c3-1-2-4;;1-5(2,3)4/h3-4H,1-2H2;1H3;(H3,1,2,3,4). The molecule has 0 amide bonds. The van der Waals surface area contributed by atoms with Gasteiger partial charge in [0.15, 0.2) is 0 Å². The first kappa shape index (κ1) is 16.5. The summed E-state index contributed by atoms with van der Waals surface area (Å²) in [5, 5.41) is 15.2. The van der Waals surface area contributed by atoms with Crippen LogP contribution in [-0.2, 0) is 4.57 Å². The van der Waals surface area contributed by atoms with Crippen molar-refractivity contribution < 1.29 is 29.5 Å². The third kappa shape index (κ3) is 398. The number of rotatable bonds is 1. The zero-order valence-corrected chi connectivity index (χ0v) is 6.11. The SMILES string of the molecule is N.O=P(O)(O)O.OCCO. The second-order valence-electron chi connectivity index (χ2n) is 0.960. The van der Waals surface area contributed by atoms with Gasteiger partial charge in [-0.3, -0.25) is 0 Å². The second-order valence-corrected chi connectivity index (χ2v) is 1.99. The molecule has 0 aliphatic carbocycles. The van der Waals surface area contributed by atoms with Crippen molar-refractivity contribution in [1.82, 2.24) is 6.15 Å². The first-order valence-corrected chi connectivity index (χ1v) is 3.48. The molecule has 0 aliphatic heterocycles. The summed E-state index contributed by atoms with van der Waals surface area (Å²) in [6.45, 7) is -0.250. The summed E-state index contributed by atoms with van der Waals surface area (Å²) < 4.78 is 8.88. The van der Waals surface area contributed by atoms with Crippen LogP contribution in [0.1, 0.15) is 0 Å². The van der Waals surface area contributed by atoms with Crippen LogP contribution in [0.4, 0.5) is 0 Å². The van der Waals surface area contributed by atoms with E-state index in [4.69, 9.17) is 29.5 Å². The Kier molecular flexibility index (Phi) is 14.9. The molecule has 8 N–H and O–H groups in total. The minimum atomic E-state index is -4.64. The fraction of sp³-hybridized carbons (Fsp3) is 1.00. The Hall–Kier alpha value is -0.0100. The summed E-state index contributed by atoms with van der Waals surface area (Å²) in [5.41, 5.74) is 0. The molecule has 0 aliphatic rings. The van der Waals surface area contributed by atoms with E-state index in [9.17, 15) is 0 Å². The average Bonchev–Trinajstić information content (AvgIpc) is 1.61. The van der Waals surface area contributed by atoms with Crippen LogP contribution in [0.5, 0.6) is 0 Å². The predicted octanol–water partition coefficient (Wildman–Crippen LogP) is -1.80. The highest BCUT2D eigenvalue weighted by Crippen LogP contribution is 2.25. The van der Waals surface area contributed by atoms with Crippen molar-refractivity contribution in [3.63, 3.8) is 0 Å². The third-order valence-electron chi connectivity index (χ3n) is 0.1000. The molecule has 66 valence electrons. The Bertz CT molecular complexity index is 79.5. The zero-order valence-electron chi connectivity index (χ0n) is 5.21. The quantitative estimate of drug-likeness (QED) is 0.258. The van der Waals surface area contributed by atoms with Gasteiger partial charge in [0.05, 0.1) is 13.2 Å². The number of hydrogen-bond donors (Lipinski definition) is 6. The van der Waals surface area contributed by atoms with E-state index in [2.05, 4.69) is 0 Å². The van der Waals surface area contributed by atoms with Crippen LogP contribution in [0.3, 0.4) is 0 Å². The number of hydrogen-bond acceptors (Lipinski definition) is 4. The minimum absolute atomic E-state index is 0. The summed E-state index contributed by atoms with van der Waals surface area (Å²) in [5.74, 6) is 0. The molecule has 0 aromatic carbocycles. The number of aliphatic hydroxyl groups excluding tert-OH is 2. The van der Waals surface area contributed by atoms with Gasteiger partial charge in [-0.1, -0.05) is 0 Å². The Morgan fingerprint density at radius 2 is 1.10 bits per heavy atom. The lowest BCUT2D eigenvalue weighted by molar-refractivity contribution is 0.186. The van der Waals surface area contributed by atoms with Gasteiger partial charge in [0.1, 0.15) is 0 Å². The molecule has 10 heavy (non-hydrogen) atoms. The molecular weight excluding hydrogens is 165 g/mol. The normalized spacial score (nSPS) is 8.90. The van der Waals surface area contributed by atoms with Crippen LogP contribution in [0.2, 0.25) is 0 Å². The molecule has 0 aromatic rings. The van der Waals surface area contributed by atoms with Crippen molar-refractivity contribution in [2.45, 2.75) is 0 Å². The van der Waals surface area contributed by atoms with E-state index < -0.39 is 7.82 Å². The number of aliphatic hydroxyl groups is 2. The van der Waals surface area contributed by atoms with E-state index >= 15 is 0 Å². The Morgan fingerprint density at radius 3 is 1.10 bits per heavy atom. The Morgan fingerprint density at radius 1 is 1.00 bits per heavy atom. The monoisotopic (exact) mass is 177 g/mol. The lowest BCUT2D eigenvalue weighted by Gasteiger charge is -1.82. The van der Waals surface area contributed by atoms with Crippen molar-refractivity contribution in [3.8, 4) is 0 Å². The van der Waals surface area contributed by atoms with E-state index in [-0.39, 0.29) is 19.4 Å². The molecule has 0 radical (unpaired) electrons. The van der Waals surface area contributed by atoms with Crippen LogP contribution in [0, 0.1) is 0 Å². The van der Waals surface area contributed by atoms with E-state index in [0.717, 1.165) is 0 Å².